The minimum absolute atomic E-state index is 0.107. The fourth-order valence-electron chi connectivity index (χ4n) is 5.45. The average molecular weight is 318 g/mol. The molecule has 3 rings (SSSR count). The number of hydrogen-bond donors (Lipinski definition) is 3. The Morgan fingerprint density at radius 3 is 2.52 bits per heavy atom. The van der Waals surface area contributed by atoms with E-state index in [2.05, 4.69) is 33.8 Å². The SMILES string of the molecule is CC(C)c1cc2c(cc1O)[C@@]1(C)C[C@H](O)C[C@@](C)(CO)C1CC2. The van der Waals surface area contributed by atoms with Crippen molar-refractivity contribution in [3.8, 4) is 5.75 Å². The summed E-state index contributed by atoms with van der Waals surface area (Å²) in [5, 5.41) is 30.9. The van der Waals surface area contributed by atoms with Gasteiger partial charge in [-0.25, -0.2) is 0 Å². The molecular weight excluding hydrogens is 288 g/mol. The van der Waals surface area contributed by atoms with E-state index < -0.39 is 6.10 Å². The summed E-state index contributed by atoms with van der Waals surface area (Å²) >= 11 is 0. The molecule has 0 bridgehead atoms. The maximum Gasteiger partial charge on any atom is 0.119 e. The molecule has 0 saturated heterocycles. The van der Waals surface area contributed by atoms with E-state index in [0.29, 0.717) is 30.4 Å². The van der Waals surface area contributed by atoms with Gasteiger partial charge in [0.15, 0.2) is 0 Å². The molecule has 0 spiro atoms. The molecule has 2 aliphatic carbocycles. The van der Waals surface area contributed by atoms with Crippen molar-refractivity contribution in [1.29, 1.82) is 0 Å². The number of phenols is 1. The lowest BCUT2D eigenvalue weighted by Gasteiger charge is -2.56. The number of aliphatic hydroxyl groups is 2. The smallest absolute Gasteiger partial charge is 0.119 e. The first kappa shape index (κ1) is 16.8. The van der Waals surface area contributed by atoms with Gasteiger partial charge in [-0.3, -0.25) is 0 Å². The van der Waals surface area contributed by atoms with Crippen molar-refractivity contribution in [1.82, 2.24) is 0 Å². The normalized spacial score (nSPS) is 36.7. The number of aromatic hydroxyl groups is 1. The second-order valence-corrected chi connectivity index (χ2v) is 8.61. The van der Waals surface area contributed by atoms with Crippen molar-refractivity contribution in [2.75, 3.05) is 6.61 Å². The molecule has 23 heavy (non-hydrogen) atoms. The molecule has 1 fully saturated rings. The van der Waals surface area contributed by atoms with Crippen LogP contribution in [0.2, 0.25) is 0 Å². The van der Waals surface area contributed by atoms with E-state index in [1.165, 1.54) is 11.1 Å². The first-order valence-electron chi connectivity index (χ1n) is 8.86. The van der Waals surface area contributed by atoms with E-state index in [9.17, 15) is 15.3 Å². The number of aliphatic hydroxyl groups excluding tert-OH is 2. The third-order valence-corrected chi connectivity index (χ3v) is 6.53. The fourth-order valence-corrected chi connectivity index (χ4v) is 5.45. The molecule has 1 aromatic rings. The quantitative estimate of drug-likeness (QED) is 0.782. The van der Waals surface area contributed by atoms with Crippen molar-refractivity contribution in [3.05, 3.63) is 28.8 Å². The first-order chi connectivity index (χ1) is 10.7. The Hall–Kier alpha value is -1.06. The molecular formula is C20H30O3. The zero-order chi connectivity index (χ0) is 17.0. The van der Waals surface area contributed by atoms with Crippen molar-refractivity contribution in [2.45, 2.75) is 70.8 Å². The Labute approximate surface area is 139 Å². The largest absolute Gasteiger partial charge is 0.508 e. The molecule has 128 valence electrons. The van der Waals surface area contributed by atoms with Crippen LogP contribution in [0.1, 0.15) is 69.6 Å². The highest BCUT2D eigenvalue weighted by atomic mass is 16.3. The Bertz CT molecular complexity index is 609. The van der Waals surface area contributed by atoms with Gasteiger partial charge < -0.3 is 15.3 Å². The molecule has 3 heteroatoms. The van der Waals surface area contributed by atoms with Gasteiger partial charge in [-0.15, -0.1) is 0 Å². The maximum absolute atomic E-state index is 10.5. The highest BCUT2D eigenvalue weighted by molar-refractivity contribution is 5.49. The van der Waals surface area contributed by atoms with Crippen LogP contribution in [-0.4, -0.2) is 28.0 Å². The van der Waals surface area contributed by atoms with E-state index in [0.717, 1.165) is 18.4 Å². The highest BCUT2D eigenvalue weighted by Gasteiger charge is 2.54. The van der Waals surface area contributed by atoms with Gasteiger partial charge >= 0.3 is 0 Å². The van der Waals surface area contributed by atoms with E-state index in [4.69, 9.17) is 0 Å². The van der Waals surface area contributed by atoms with Gasteiger partial charge in [0.2, 0.25) is 0 Å². The molecule has 0 amide bonds. The topological polar surface area (TPSA) is 60.7 Å². The lowest BCUT2D eigenvalue weighted by atomic mass is 9.49. The first-order valence-corrected chi connectivity index (χ1v) is 8.86. The predicted molar refractivity (Wildman–Crippen MR) is 91.8 cm³/mol. The summed E-state index contributed by atoms with van der Waals surface area (Å²) in [6.07, 6.45) is 3.00. The molecule has 3 nitrogen and oxygen atoms in total. The van der Waals surface area contributed by atoms with Crippen LogP contribution in [0.5, 0.6) is 5.75 Å². The molecule has 0 aliphatic heterocycles. The van der Waals surface area contributed by atoms with Gasteiger partial charge in [0.05, 0.1) is 6.10 Å². The number of aryl methyl sites for hydroxylation is 1. The Balaban J connectivity index is 2.13. The monoisotopic (exact) mass is 318 g/mol. The number of hydrogen-bond acceptors (Lipinski definition) is 3. The Morgan fingerprint density at radius 2 is 1.91 bits per heavy atom. The fraction of sp³-hybridized carbons (Fsp3) is 0.700. The van der Waals surface area contributed by atoms with Crippen molar-refractivity contribution in [3.63, 3.8) is 0 Å². The van der Waals surface area contributed by atoms with Crippen LogP contribution in [0.15, 0.2) is 12.1 Å². The second-order valence-electron chi connectivity index (χ2n) is 8.61. The maximum atomic E-state index is 10.5. The summed E-state index contributed by atoms with van der Waals surface area (Å²) in [5.41, 5.74) is 3.05. The van der Waals surface area contributed by atoms with Crippen LogP contribution in [0.25, 0.3) is 0 Å². The number of fused-ring (bicyclic) bond motifs is 3. The van der Waals surface area contributed by atoms with E-state index in [1.54, 1.807) is 0 Å². The summed E-state index contributed by atoms with van der Waals surface area (Å²) in [6, 6.07) is 4.10. The van der Waals surface area contributed by atoms with Crippen LogP contribution < -0.4 is 0 Å². The lowest BCUT2D eigenvalue weighted by molar-refractivity contribution is -0.0735. The summed E-state index contributed by atoms with van der Waals surface area (Å²) in [4.78, 5) is 0. The molecule has 1 saturated carbocycles. The van der Waals surface area contributed by atoms with Gasteiger partial charge in [-0.2, -0.15) is 0 Å². The molecule has 0 radical (unpaired) electrons. The number of benzene rings is 1. The number of rotatable bonds is 2. The predicted octanol–water partition coefficient (Wildman–Crippen LogP) is 3.49. The summed E-state index contributed by atoms with van der Waals surface area (Å²) in [5.74, 6) is 0.997. The van der Waals surface area contributed by atoms with E-state index in [-0.39, 0.29) is 17.4 Å². The van der Waals surface area contributed by atoms with Gasteiger partial charge in [-0.1, -0.05) is 33.8 Å². The van der Waals surface area contributed by atoms with Gasteiger partial charge in [0, 0.05) is 6.61 Å². The minimum Gasteiger partial charge on any atom is -0.508 e. The zero-order valence-electron chi connectivity index (χ0n) is 14.8. The Kier molecular flexibility index (Phi) is 4.01. The molecule has 3 N–H and O–H groups in total. The molecule has 1 unspecified atom stereocenters. The molecule has 1 aromatic carbocycles. The highest BCUT2D eigenvalue weighted by Crippen LogP contribution is 2.57. The minimum atomic E-state index is -0.397. The average Bonchev–Trinajstić information content (AvgIpc) is 2.46. The molecule has 0 aromatic heterocycles. The van der Waals surface area contributed by atoms with Crippen molar-refractivity contribution in [2.24, 2.45) is 11.3 Å². The standard InChI is InChI=1S/C20H30O3/c1-12(2)15-7-13-5-6-18-19(3,11-21)9-14(22)10-20(18,4)16(13)8-17(15)23/h7-8,12,14,18,21-23H,5-6,9-11H2,1-4H3/t14-,18?,19+,20-/m1/s1. The second kappa shape index (κ2) is 5.49. The summed E-state index contributed by atoms with van der Waals surface area (Å²) < 4.78 is 0. The van der Waals surface area contributed by atoms with Crippen LogP contribution >= 0.6 is 0 Å². The molecule has 0 heterocycles. The van der Waals surface area contributed by atoms with Crippen LogP contribution in [-0.2, 0) is 11.8 Å². The van der Waals surface area contributed by atoms with Crippen LogP contribution in [0.3, 0.4) is 0 Å². The van der Waals surface area contributed by atoms with E-state index in [1.807, 2.05) is 6.07 Å². The van der Waals surface area contributed by atoms with Gasteiger partial charge in [-0.05, 0) is 71.1 Å². The lowest BCUT2D eigenvalue weighted by Crippen LogP contribution is -2.54. The van der Waals surface area contributed by atoms with Crippen molar-refractivity contribution >= 4 is 0 Å². The summed E-state index contributed by atoms with van der Waals surface area (Å²) in [7, 11) is 0. The van der Waals surface area contributed by atoms with Crippen LogP contribution in [0.4, 0.5) is 0 Å². The van der Waals surface area contributed by atoms with Gasteiger partial charge in [0.25, 0.3) is 0 Å². The zero-order valence-corrected chi connectivity index (χ0v) is 14.8. The number of phenolic OH excluding ortho intramolecular Hbond substituents is 1. The van der Waals surface area contributed by atoms with Crippen LogP contribution in [0, 0.1) is 11.3 Å². The molecule has 2 aliphatic rings. The third kappa shape index (κ3) is 2.49. The summed E-state index contributed by atoms with van der Waals surface area (Å²) in [6.45, 7) is 8.62. The Morgan fingerprint density at radius 1 is 1.22 bits per heavy atom. The van der Waals surface area contributed by atoms with Gasteiger partial charge in [0.1, 0.15) is 5.75 Å². The molecule has 4 atom stereocenters. The van der Waals surface area contributed by atoms with E-state index >= 15 is 0 Å². The van der Waals surface area contributed by atoms with Crippen molar-refractivity contribution < 1.29 is 15.3 Å². The third-order valence-electron chi connectivity index (χ3n) is 6.53.